The summed E-state index contributed by atoms with van der Waals surface area (Å²) in [6.45, 7) is 10.5. The molecule has 1 aromatic heterocycles. The number of guanidine groups is 1. The average molecular weight is 372 g/mol. The molecule has 1 heterocycles. The van der Waals surface area contributed by atoms with Crippen LogP contribution in [0.5, 0.6) is 0 Å². The molecule has 2 N–H and O–H groups in total. The van der Waals surface area contributed by atoms with E-state index in [-0.39, 0.29) is 0 Å². The van der Waals surface area contributed by atoms with Crippen molar-refractivity contribution in [3.8, 4) is 0 Å². The minimum Gasteiger partial charge on any atom is -0.377 e. The van der Waals surface area contributed by atoms with Crippen molar-refractivity contribution < 1.29 is 4.52 Å². The number of hydrogen-bond donors (Lipinski definition) is 2. The van der Waals surface area contributed by atoms with Crippen molar-refractivity contribution in [2.24, 2.45) is 4.99 Å². The highest BCUT2D eigenvalue weighted by atomic mass is 16.5. The number of hydrogen-bond acceptors (Lipinski definition) is 4. The number of nitrogens with one attached hydrogen (secondary N) is 2. The van der Waals surface area contributed by atoms with Crippen LogP contribution in [0.15, 0.2) is 27.7 Å². The van der Waals surface area contributed by atoms with Gasteiger partial charge in [-0.1, -0.05) is 31.1 Å². The highest BCUT2D eigenvalue weighted by Crippen LogP contribution is 2.21. The van der Waals surface area contributed by atoms with Crippen molar-refractivity contribution >= 4 is 11.6 Å². The minimum atomic E-state index is 0.619. The molecule has 1 aromatic carbocycles. The van der Waals surface area contributed by atoms with E-state index in [2.05, 4.69) is 80.7 Å². The van der Waals surface area contributed by atoms with Gasteiger partial charge in [-0.2, -0.15) is 0 Å². The van der Waals surface area contributed by atoms with Gasteiger partial charge in [-0.3, -0.25) is 0 Å². The van der Waals surface area contributed by atoms with E-state index in [0.29, 0.717) is 13.1 Å². The molecule has 0 atom stereocenters. The van der Waals surface area contributed by atoms with Gasteiger partial charge in [0.1, 0.15) is 5.76 Å². The van der Waals surface area contributed by atoms with Gasteiger partial charge in [0.2, 0.25) is 0 Å². The van der Waals surface area contributed by atoms with Crippen molar-refractivity contribution in [2.75, 3.05) is 25.5 Å². The lowest BCUT2D eigenvalue weighted by Crippen LogP contribution is -2.37. The Balaban J connectivity index is 2.15. The topological polar surface area (TPSA) is 65.7 Å². The van der Waals surface area contributed by atoms with Crippen molar-refractivity contribution in [1.82, 2.24) is 15.8 Å². The van der Waals surface area contributed by atoms with E-state index in [9.17, 15) is 0 Å². The number of benzene rings is 1. The van der Waals surface area contributed by atoms with Crippen LogP contribution in [0.1, 0.15) is 48.9 Å². The first kappa shape index (κ1) is 20.8. The number of nitrogens with zero attached hydrogens (tertiary/aromatic N) is 3. The second-order valence-electron chi connectivity index (χ2n) is 6.81. The molecule has 148 valence electrons. The Kier molecular flexibility index (Phi) is 7.70. The van der Waals surface area contributed by atoms with Crippen LogP contribution in [0.4, 0.5) is 5.69 Å². The molecule has 2 rings (SSSR count). The van der Waals surface area contributed by atoms with Crippen LogP contribution in [0.2, 0.25) is 0 Å². The minimum absolute atomic E-state index is 0.619. The summed E-state index contributed by atoms with van der Waals surface area (Å²) in [6.07, 6.45) is 1.71. The molecular weight excluding hydrogens is 338 g/mol. The smallest absolute Gasteiger partial charge is 0.191 e. The van der Waals surface area contributed by atoms with E-state index in [1.54, 1.807) is 0 Å². The van der Waals surface area contributed by atoms with Crippen molar-refractivity contribution in [2.45, 2.75) is 53.6 Å². The molecule has 0 aliphatic rings. The van der Waals surface area contributed by atoms with Crippen LogP contribution in [0, 0.1) is 6.92 Å². The number of rotatable bonds is 8. The zero-order chi connectivity index (χ0) is 19.8. The summed E-state index contributed by atoms with van der Waals surface area (Å²) in [5.41, 5.74) is 5.83. The molecule has 0 fully saturated rings. The predicted octanol–water partition coefficient (Wildman–Crippen LogP) is 3.43. The van der Waals surface area contributed by atoms with E-state index in [1.807, 2.05) is 0 Å². The maximum Gasteiger partial charge on any atom is 0.191 e. The number of aryl methyl sites for hydroxylation is 3. The van der Waals surface area contributed by atoms with Crippen LogP contribution < -0.4 is 15.5 Å². The van der Waals surface area contributed by atoms with E-state index >= 15 is 0 Å². The maximum atomic E-state index is 5.45. The zero-order valence-corrected chi connectivity index (χ0v) is 17.5. The van der Waals surface area contributed by atoms with Gasteiger partial charge in [0.05, 0.1) is 12.2 Å². The Labute approximate surface area is 163 Å². The number of anilines is 1. The average Bonchev–Trinajstić information content (AvgIpc) is 3.06. The fourth-order valence-corrected chi connectivity index (χ4v) is 3.04. The van der Waals surface area contributed by atoms with Gasteiger partial charge in [0.15, 0.2) is 5.96 Å². The Hall–Kier alpha value is -2.50. The predicted molar refractivity (Wildman–Crippen MR) is 112 cm³/mol. The summed E-state index contributed by atoms with van der Waals surface area (Å²) in [5, 5.41) is 10.9. The van der Waals surface area contributed by atoms with E-state index in [4.69, 9.17) is 9.52 Å². The first-order chi connectivity index (χ1) is 13.0. The van der Waals surface area contributed by atoms with Gasteiger partial charge < -0.3 is 20.1 Å². The highest BCUT2D eigenvalue weighted by molar-refractivity contribution is 5.79. The van der Waals surface area contributed by atoms with Crippen molar-refractivity contribution in [3.63, 3.8) is 0 Å². The summed E-state index contributed by atoms with van der Waals surface area (Å²) in [5.74, 6) is 1.75. The molecule has 0 amide bonds. The van der Waals surface area contributed by atoms with Crippen LogP contribution in [0.3, 0.4) is 0 Å². The molecule has 0 saturated heterocycles. The Morgan fingerprint density at radius 1 is 1.15 bits per heavy atom. The molecule has 0 radical (unpaired) electrons. The molecular formula is C21H33N5O. The summed E-state index contributed by atoms with van der Waals surface area (Å²) in [6, 6.07) is 6.49. The standard InChI is InChI=1S/C21H33N5O/c1-7-18-17(20(8-2)27-25-18)14-24-21(22-9-3)23-13-16-11-10-15(4)12-19(16)26(5)6/h10-12H,7-9,13-14H2,1-6H3,(H2,22,23,24). The van der Waals surface area contributed by atoms with Gasteiger partial charge in [0, 0.05) is 44.9 Å². The van der Waals surface area contributed by atoms with E-state index in [1.165, 1.54) is 16.8 Å². The second kappa shape index (κ2) is 10.00. The molecule has 27 heavy (non-hydrogen) atoms. The highest BCUT2D eigenvalue weighted by Gasteiger charge is 2.13. The maximum absolute atomic E-state index is 5.45. The third-order valence-corrected chi connectivity index (χ3v) is 4.51. The van der Waals surface area contributed by atoms with Crippen molar-refractivity contribution in [3.05, 3.63) is 46.3 Å². The van der Waals surface area contributed by atoms with Crippen LogP contribution in [0.25, 0.3) is 0 Å². The molecule has 0 aliphatic heterocycles. The third-order valence-electron chi connectivity index (χ3n) is 4.51. The Morgan fingerprint density at radius 3 is 2.56 bits per heavy atom. The lowest BCUT2D eigenvalue weighted by molar-refractivity contribution is 0.380. The molecule has 6 nitrogen and oxygen atoms in total. The molecule has 0 aliphatic carbocycles. The first-order valence-electron chi connectivity index (χ1n) is 9.75. The van der Waals surface area contributed by atoms with E-state index in [0.717, 1.165) is 42.4 Å². The first-order valence-corrected chi connectivity index (χ1v) is 9.75. The Morgan fingerprint density at radius 2 is 1.93 bits per heavy atom. The third kappa shape index (κ3) is 5.49. The quantitative estimate of drug-likeness (QED) is 0.550. The van der Waals surface area contributed by atoms with Gasteiger partial charge in [-0.05, 0) is 37.5 Å². The fourth-order valence-electron chi connectivity index (χ4n) is 3.04. The van der Waals surface area contributed by atoms with Gasteiger partial charge >= 0.3 is 0 Å². The van der Waals surface area contributed by atoms with Crippen LogP contribution in [-0.2, 0) is 25.9 Å². The SMILES string of the molecule is CCNC(=NCc1ccc(C)cc1N(C)C)NCc1c(CC)noc1CC. The van der Waals surface area contributed by atoms with Crippen LogP contribution in [-0.4, -0.2) is 31.8 Å². The van der Waals surface area contributed by atoms with Gasteiger partial charge in [-0.15, -0.1) is 0 Å². The van der Waals surface area contributed by atoms with Crippen molar-refractivity contribution in [1.29, 1.82) is 0 Å². The largest absolute Gasteiger partial charge is 0.377 e. The number of aliphatic imine (C=N–C) groups is 1. The molecule has 0 spiro atoms. The Bertz CT molecular complexity index is 742. The second-order valence-corrected chi connectivity index (χ2v) is 6.81. The fraction of sp³-hybridized carbons (Fsp3) is 0.524. The normalized spacial score (nSPS) is 11.6. The molecule has 2 aromatic rings. The monoisotopic (exact) mass is 371 g/mol. The lowest BCUT2D eigenvalue weighted by atomic mass is 10.1. The summed E-state index contributed by atoms with van der Waals surface area (Å²) >= 11 is 0. The molecule has 0 saturated carbocycles. The van der Waals surface area contributed by atoms with Gasteiger partial charge in [0.25, 0.3) is 0 Å². The summed E-state index contributed by atoms with van der Waals surface area (Å²) < 4.78 is 5.45. The number of aromatic nitrogens is 1. The molecule has 6 heteroatoms. The van der Waals surface area contributed by atoms with Crippen LogP contribution >= 0.6 is 0 Å². The van der Waals surface area contributed by atoms with E-state index < -0.39 is 0 Å². The summed E-state index contributed by atoms with van der Waals surface area (Å²) in [7, 11) is 4.13. The lowest BCUT2D eigenvalue weighted by Gasteiger charge is -2.18. The molecule has 0 unspecified atom stereocenters. The molecule has 0 bridgehead atoms. The zero-order valence-electron chi connectivity index (χ0n) is 17.5. The summed E-state index contributed by atoms with van der Waals surface area (Å²) in [4.78, 5) is 6.92. The van der Waals surface area contributed by atoms with Gasteiger partial charge in [-0.25, -0.2) is 4.99 Å².